The van der Waals surface area contributed by atoms with Crippen molar-refractivity contribution in [2.24, 2.45) is 4.99 Å². The van der Waals surface area contributed by atoms with Crippen molar-refractivity contribution in [1.82, 2.24) is 20.1 Å². The van der Waals surface area contributed by atoms with Crippen LogP contribution in [0.1, 0.15) is 12.5 Å². The van der Waals surface area contributed by atoms with Crippen molar-refractivity contribution in [3.05, 3.63) is 35.8 Å². The van der Waals surface area contributed by atoms with Crippen molar-refractivity contribution in [2.45, 2.75) is 13.3 Å². The minimum Gasteiger partial charge on any atom is -0.450 e. The third-order valence-electron chi connectivity index (χ3n) is 4.72. The molecule has 146 valence electrons. The molecule has 0 aliphatic carbocycles. The number of carbonyl (C=O) groups excluding carboxylic acids is 1. The lowest BCUT2D eigenvalue weighted by Gasteiger charge is -2.35. The molecule has 0 radical (unpaired) electrons. The fraction of sp³-hybridized carbons (Fsp3) is 0.474. The van der Waals surface area contributed by atoms with Crippen molar-refractivity contribution in [2.75, 3.05) is 46.4 Å². The quantitative estimate of drug-likeness (QED) is 0.635. The Hall–Kier alpha value is -2.77. The predicted octanol–water partition coefficient (Wildman–Crippen LogP) is 2.20. The summed E-state index contributed by atoms with van der Waals surface area (Å²) in [5, 5.41) is 4.27. The molecule has 2 heterocycles. The van der Waals surface area contributed by atoms with E-state index in [9.17, 15) is 9.18 Å². The van der Waals surface area contributed by atoms with Gasteiger partial charge in [-0.05, 0) is 37.1 Å². The van der Waals surface area contributed by atoms with Crippen LogP contribution in [0.15, 0.2) is 29.4 Å². The molecule has 1 amide bonds. The van der Waals surface area contributed by atoms with Gasteiger partial charge in [0.25, 0.3) is 0 Å². The van der Waals surface area contributed by atoms with Gasteiger partial charge in [0.2, 0.25) is 0 Å². The second-order valence-electron chi connectivity index (χ2n) is 6.40. The Bertz CT molecular complexity index is 812. The zero-order valence-electron chi connectivity index (χ0n) is 15.8. The van der Waals surface area contributed by atoms with Crippen LogP contribution in [0.25, 0.3) is 10.9 Å². The summed E-state index contributed by atoms with van der Waals surface area (Å²) in [5.74, 6) is 0.580. The molecule has 2 N–H and O–H groups in total. The molecule has 0 saturated carbocycles. The molecule has 1 aliphatic rings. The number of benzene rings is 1. The average molecular weight is 375 g/mol. The largest absolute Gasteiger partial charge is 0.450 e. The predicted molar refractivity (Wildman–Crippen MR) is 103 cm³/mol. The number of amides is 1. The number of fused-ring (bicyclic) bond motifs is 1. The summed E-state index contributed by atoms with van der Waals surface area (Å²) in [6.07, 6.45) is 2.42. The molecule has 1 fully saturated rings. The number of H-pyrrole nitrogens is 1. The van der Waals surface area contributed by atoms with Crippen LogP contribution in [0.2, 0.25) is 0 Å². The Balaban J connectivity index is 1.51. The van der Waals surface area contributed by atoms with E-state index in [2.05, 4.69) is 20.2 Å². The van der Waals surface area contributed by atoms with Gasteiger partial charge in [-0.2, -0.15) is 0 Å². The summed E-state index contributed by atoms with van der Waals surface area (Å²) in [4.78, 5) is 23.1. The number of carbonyl (C=O) groups is 1. The first-order valence-corrected chi connectivity index (χ1v) is 9.25. The number of hydrogen-bond acceptors (Lipinski definition) is 3. The Labute approximate surface area is 158 Å². The van der Waals surface area contributed by atoms with Gasteiger partial charge in [0.1, 0.15) is 5.82 Å². The summed E-state index contributed by atoms with van der Waals surface area (Å²) in [6.45, 7) is 5.52. The highest BCUT2D eigenvalue weighted by Gasteiger charge is 2.23. The van der Waals surface area contributed by atoms with Gasteiger partial charge < -0.3 is 24.8 Å². The second-order valence-corrected chi connectivity index (χ2v) is 6.40. The maximum Gasteiger partial charge on any atom is 0.409 e. The molecular formula is C19H26FN5O2. The van der Waals surface area contributed by atoms with Crippen molar-refractivity contribution >= 4 is 23.0 Å². The first kappa shape index (κ1) is 19.0. The molecule has 2 aromatic rings. The summed E-state index contributed by atoms with van der Waals surface area (Å²) in [6, 6.07) is 4.77. The van der Waals surface area contributed by atoms with Crippen LogP contribution in [0.4, 0.5) is 9.18 Å². The van der Waals surface area contributed by atoms with Crippen LogP contribution in [-0.4, -0.2) is 73.2 Å². The minimum absolute atomic E-state index is 0.230. The van der Waals surface area contributed by atoms with E-state index in [-0.39, 0.29) is 11.9 Å². The van der Waals surface area contributed by atoms with Gasteiger partial charge >= 0.3 is 6.09 Å². The molecule has 0 spiro atoms. The normalized spacial score (nSPS) is 15.3. The molecule has 8 heteroatoms. The van der Waals surface area contributed by atoms with Gasteiger partial charge in [-0.3, -0.25) is 4.99 Å². The molecule has 0 bridgehead atoms. The number of hydrogen-bond donors (Lipinski definition) is 2. The van der Waals surface area contributed by atoms with Crippen molar-refractivity contribution in [1.29, 1.82) is 0 Å². The average Bonchev–Trinajstić information content (AvgIpc) is 3.08. The van der Waals surface area contributed by atoms with E-state index in [0.717, 1.165) is 28.8 Å². The number of ether oxygens (including phenoxy) is 1. The zero-order valence-corrected chi connectivity index (χ0v) is 15.8. The number of nitrogens with zero attached hydrogens (tertiary/aromatic N) is 3. The number of guanidine groups is 1. The Morgan fingerprint density at radius 1 is 1.30 bits per heavy atom. The van der Waals surface area contributed by atoms with E-state index < -0.39 is 0 Å². The summed E-state index contributed by atoms with van der Waals surface area (Å²) in [5.41, 5.74) is 2.01. The Morgan fingerprint density at radius 3 is 2.74 bits per heavy atom. The first-order chi connectivity index (χ1) is 13.1. The fourth-order valence-electron chi connectivity index (χ4n) is 3.31. The SMILES string of the molecule is CCOC(=O)N1CCN(C(=NC)NCCc2c[nH]c3ccc(F)cc23)CC1. The Morgan fingerprint density at radius 2 is 2.04 bits per heavy atom. The summed E-state index contributed by atoms with van der Waals surface area (Å²) in [7, 11) is 1.75. The van der Waals surface area contributed by atoms with Gasteiger partial charge in [0, 0.05) is 56.9 Å². The van der Waals surface area contributed by atoms with Gasteiger partial charge in [-0.25, -0.2) is 9.18 Å². The first-order valence-electron chi connectivity index (χ1n) is 9.25. The molecular weight excluding hydrogens is 349 g/mol. The van der Waals surface area contributed by atoms with Crippen LogP contribution in [0, 0.1) is 5.82 Å². The lowest BCUT2D eigenvalue weighted by molar-refractivity contribution is 0.0915. The molecule has 0 atom stereocenters. The molecule has 1 aromatic heterocycles. The van der Waals surface area contributed by atoms with E-state index in [4.69, 9.17) is 4.74 Å². The van der Waals surface area contributed by atoms with Gasteiger partial charge in [0.05, 0.1) is 6.61 Å². The van der Waals surface area contributed by atoms with E-state index >= 15 is 0 Å². The molecule has 27 heavy (non-hydrogen) atoms. The lowest BCUT2D eigenvalue weighted by Crippen LogP contribution is -2.54. The fourth-order valence-corrected chi connectivity index (χ4v) is 3.31. The number of aromatic amines is 1. The molecule has 1 aliphatic heterocycles. The number of aromatic nitrogens is 1. The van der Waals surface area contributed by atoms with Crippen LogP contribution < -0.4 is 5.32 Å². The highest BCUT2D eigenvalue weighted by molar-refractivity contribution is 5.83. The third-order valence-corrected chi connectivity index (χ3v) is 4.72. The number of rotatable bonds is 4. The molecule has 3 rings (SSSR count). The maximum atomic E-state index is 13.5. The molecule has 1 aromatic carbocycles. The minimum atomic E-state index is -0.258. The van der Waals surface area contributed by atoms with Crippen LogP contribution in [0.5, 0.6) is 0 Å². The topological polar surface area (TPSA) is 73.0 Å². The smallest absolute Gasteiger partial charge is 0.409 e. The van der Waals surface area contributed by atoms with E-state index in [1.54, 1.807) is 24.1 Å². The van der Waals surface area contributed by atoms with Crippen molar-refractivity contribution < 1.29 is 13.9 Å². The summed E-state index contributed by atoms with van der Waals surface area (Å²) >= 11 is 0. The number of piperazine rings is 1. The molecule has 0 unspecified atom stereocenters. The van der Waals surface area contributed by atoms with Crippen LogP contribution in [-0.2, 0) is 11.2 Å². The lowest BCUT2D eigenvalue weighted by atomic mass is 10.1. The highest BCUT2D eigenvalue weighted by atomic mass is 19.1. The zero-order chi connectivity index (χ0) is 19.2. The van der Waals surface area contributed by atoms with Crippen molar-refractivity contribution in [3.8, 4) is 0 Å². The highest BCUT2D eigenvalue weighted by Crippen LogP contribution is 2.19. The van der Waals surface area contributed by atoms with Crippen LogP contribution in [0.3, 0.4) is 0 Å². The van der Waals surface area contributed by atoms with E-state index in [1.807, 2.05) is 13.1 Å². The standard InChI is InChI=1S/C19H26FN5O2/c1-3-27-19(26)25-10-8-24(9-11-25)18(21-2)22-7-6-14-13-23-17-5-4-15(20)12-16(14)17/h4-5,12-13,23H,3,6-11H2,1-2H3,(H,21,22). The number of aliphatic imine (C=N–C) groups is 1. The third kappa shape index (κ3) is 4.50. The van der Waals surface area contributed by atoms with Gasteiger partial charge in [-0.15, -0.1) is 0 Å². The van der Waals surface area contributed by atoms with Crippen LogP contribution >= 0.6 is 0 Å². The Kier molecular flexibility index (Phi) is 6.16. The number of halogens is 1. The number of nitrogens with one attached hydrogen (secondary N) is 2. The monoisotopic (exact) mass is 375 g/mol. The van der Waals surface area contributed by atoms with Crippen molar-refractivity contribution in [3.63, 3.8) is 0 Å². The second kappa shape index (κ2) is 8.75. The van der Waals surface area contributed by atoms with E-state index in [1.165, 1.54) is 6.07 Å². The van der Waals surface area contributed by atoms with E-state index in [0.29, 0.717) is 39.3 Å². The molecule has 7 nitrogen and oxygen atoms in total. The maximum absolute atomic E-state index is 13.5. The molecule has 1 saturated heterocycles. The van der Waals surface area contributed by atoms with Gasteiger partial charge in [-0.1, -0.05) is 0 Å². The van der Waals surface area contributed by atoms with Gasteiger partial charge in [0.15, 0.2) is 5.96 Å². The summed E-state index contributed by atoms with van der Waals surface area (Å²) < 4.78 is 18.5.